The maximum atomic E-state index is 11.2. The van der Waals surface area contributed by atoms with Gasteiger partial charge >= 0.3 is 0 Å². The van der Waals surface area contributed by atoms with Crippen molar-refractivity contribution in [2.75, 3.05) is 0 Å². The molecule has 1 aliphatic carbocycles. The first-order valence-electron chi connectivity index (χ1n) is 5.69. The number of nitrogens with one attached hydrogen (secondary N) is 1. The van der Waals surface area contributed by atoms with Crippen molar-refractivity contribution in [3.8, 4) is 0 Å². The first kappa shape index (κ1) is 10.4. The van der Waals surface area contributed by atoms with Crippen LogP contribution < -0.4 is 5.56 Å². The molecule has 1 heterocycles. The summed E-state index contributed by atoms with van der Waals surface area (Å²) < 4.78 is 0. The van der Waals surface area contributed by atoms with Gasteiger partial charge in [0.05, 0.1) is 5.69 Å². The summed E-state index contributed by atoms with van der Waals surface area (Å²) in [6, 6.07) is 1.72. The largest absolute Gasteiger partial charge is 0.268 e. The van der Waals surface area contributed by atoms with Crippen LogP contribution in [-0.4, -0.2) is 10.2 Å². The second-order valence-corrected chi connectivity index (χ2v) is 4.90. The highest BCUT2D eigenvalue weighted by molar-refractivity contribution is 5.28. The van der Waals surface area contributed by atoms with Gasteiger partial charge in [0.25, 0.3) is 5.56 Å². The summed E-state index contributed by atoms with van der Waals surface area (Å²) in [4.78, 5) is 11.2. The normalized spacial score (nSPS) is 25.3. The molecule has 2 unspecified atom stereocenters. The zero-order valence-corrected chi connectivity index (χ0v) is 9.58. The van der Waals surface area contributed by atoms with E-state index in [0.717, 1.165) is 11.3 Å². The lowest BCUT2D eigenvalue weighted by Gasteiger charge is -2.30. The van der Waals surface area contributed by atoms with Crippen molar-refractivity contribution >= 4 is 0 Å². The highest BCUT2D eigenvalue weighted by atomic mass is 16.1. The van der Waals surface area contributed by atoms with Crippen LogP contribution in [0, 0.1) is 5.92 Å². The maximum Gasteiger partial charge on any atom is 0.264 e. The van der Waals surface area contributed by atoms with E-state index in [9.17, 15) is 4.79 Å². The van der Waals surface area contributed by atoms with Crippen molar-refractivity contribution in [2.45, 2.75) is 45.4 Å². The van der Waals surface area contributed by atoms with Crippen LogP contribution >= 0.6 is 0 Å². The molecule has 1 aromatic heterocycles. The Morgan fingerprint density at radius 2 is 2.20 bits per heavy atom. The monoisotopic (exact) mass is 206 g/mol. The molecule has 0 spiro atoms. The molecule has 15 heavy (non-hydrogen) atoms. The summed E-state index contributed by atoms with van der Waals surface area (Å²) in [5, 5.41) is 6.79. The number of hydrogen-bond donors (Lipinski definition) is 1. The average Bonchev–Trinajstić information content (AvgIpc) is 2.19. The summed E-state index contributed by atoms with van der Waals surface area (Å²) in [7, 11) is 0. The van der Waals surface area contributed by atoms with E-state index in [1.807, 2.05) is 0 Å². The lowest BCUT2D eigenvalue weighted by atomic mass is 9.76. The van der Waals surface area contributed by atoms with Crippen LogP contribution in [0.3, 0.4) is 0 Å². The molecule has 0 amide bonds. The minimum atomic E-state index is -0.0787. The van der Waals surface area contributed by atoms with Crippen LogP contribution in [0.2, 0.25) is 0 Å². The SMILES string of the molecule is CC1CCC(C(C)C)c2n[nH]c(=O)cc21. The van der Waals surface area contributed by atoms with Crippen molar-refractivity contribution in [1.82, 2.24) is 10.2 Å². The molecule has 2 rings (SSSR count). The van der Waals surface area contributed by atoms with Crippen LogP contribution in [0.5, 0.6) is 0 Å². The molecule has 0 saturated heterocycles. The van der Waals surface area contributed by atoms with Gasteiger partial charge in [0.2, 0.25) is 0 Å². The molecule has 3 heteroatoms. The third-order valence-electron chi connectivity index (χ3n) is 3.47. The molecule has 0 aromatic carbocycles. The van der Waals surface area contributed by atoms with Gasteiger partial charge in [-0.2, -0.15) is 5.10 Å². The van der Waals surface area contributed by atoms with E-state index in [4.69, 9.17) is 0 Å². The van der Waals surface area contributed by atoms with E-state index in [0.29, 0.717) is 17.8 Å². The highest BCUT2D eigenvalue weighted by Gasteiger charge is 2.28. The molecule has 0 saturated carbocycles. The summed E-state index contributed by atoms with van der Waals surface area (Å²) >= 11 is 0. The van der Waals surface area contributed by atoms with E-state index in [2.05, 4.69) is 31.0 Å². The molecule has 0 radical (unpaired) electrons. The predicted molar refractivity (Wildman–Crippen MR) is 60.1 cm³/mol. The Morgan fingerprint density at radius 3 is 2.87 bits per heavy atom. The van der Waals surface area contributed by atoms with E-state index in [-0.39, 0.29) is 5.56 Å². The smallest absolute Gasteiger partial charge is 0.264 e. The molecule has 1 N–H and O–H groups in total. The van der Waals surface area contributed by atoms with Crippen LogP contribution in [0.1, 0.15) is 56.7 Å². The lowest BCUT2D eigenvalue weighted by Crippen LogP contribution is -2.23. The molecule has 1 aromatic rings. The molecular weight excluding hydrogens is 188 g/mol. The predicted octanol–water partition coefficient (Wildman–Crippen LogP) is 2.41. The molecule has 2 atom stereocenters. The highest BCUT2D eigenvalue weighted by Crippen LogP contribution is 2.39. The zero-order valence-electron chi connectivity index (χ0n) is 9.58. The topological polar surface area (TPSA) is 45.8 Å². The third kappa shape index (κ3) is 1.83. The van der Waals surface area contributed by atoms with E-state index in [1.54, 1.807) is 6.07 Å². The standard InChI is InChI=1S/C12H18N2O/c1-7(2)9-5-4-8(3)10-6-11(15)13-14-12(9)10/h6-9H,4-5H2,1-3H3,(H,13,15). The van der Waals surface area contributed by atoms with Gasteiger partial charge in [-0.3, -0.25) is 4.79 Å². The fourth-order valence-corrected chi connectivity index (χ4v) is 2.49. The van der Waals surface area contributed by atoms with Gasteiger partial charge in [0.1, 0.15) is 0 Å². The number of H-pyrrole nitrogens is 1. The van der Waals surface area contributed by atoms with Gasteiger partial charge in [0, 0.05) is 12.0 Å². The molecule has 0 aliphatic heterocycles. The molecule has 1 aliphatic rings. The van der Waals surface area contributed by atoms with Crippen LogP contribution in [-0.2, 0) is 0 Å². The Bertz CT molecular complexity index is 408. The fourth-order valence-electron chi connectivity index (χ4n) is 2.49. The second-order valence-electron chi connectivity index (χ2n) is 4.90. The van der Waals surface area contributed by atoms with Crippen molar-refractivity contribution in [3.05, 3.63) is 27.7 Å². The number of hydrogen-bond acceptors (Lipinski definition) is 2. The molecular formula is C12H18N2O. The van der Waals surface area contributed by atoms with Crippen LogP contribution in [0.4, 0.5) is 0 Å². The Balaban J connectivity index is 2.50. The van der Waals surface area contributed by atoms with Crippen molar-refractivity contribution in [1.29, 1.82) is 0 Å². The van der Waals surface area contributed by atoms with Gasteiger partial charge in [-0.05, 0) is 30.2 Å². The number of fused-ring (bicyclic) bond motifs is 1. The first-order valence-corrected chi connectivity index (χ1v) is 5.69. The Hall–Kier alpha value is -1.12. The number of aromatic nitrogens is 2. The molecule has 82 valence electrons. The van der Waals surface area contributed by atoms with Crippen LogP contribution in [0.25, 0.3) is 0 Å². The third-order valence-corrected chi connectivity index (χ3v) is 3.47. The first-order chi connectivity index (χ1) is 7.09. The molecule has 0 fully saturated rings. The number of rotatable bonds is 1. The fraction of sp³-hybridized carbons (Fsp3) is 0.667. The molecule has 3 nitrogen and oxygen atoms in total. The number of aromatic amines is 1. The van der Waals surface area contributed by atoms with Gasteiger partial charge < -0.3 is 0 Å². The Labute approximate surface area is 89.9 Å². The minimum Gasteiger partial charge on any atom is -0.268 e. The van der Waals surface area contributed by atoms with E-state index in [1.165, 1.54) is 12.8 Å². The van der Waals surface area contributed by atoms with Crippen molar-refractivity contribution in [3.63, 3.8) is 0 Å². The quantitative estimate of drug-likeness (QED) is 0.767. The second kappa shape index (κ2) is 3.80. The summed E-state index contributed by atoms with van der Waals surface area (Å²) in [6.45, 7) is 6.62. The summed E-state index contributed by atoms with van der Waals surface area (Å²) in [5.74, 6) is 1.58. The van der Waals surface area contributed by atoms with Gasteiger partial charge in [0.15, 0.2) is 0 Å². The van der Waals surface area contributed by atoms with Gasteiger partial charge in [-0.15, -0.1) is 0 Å². The van der Waals surface area contributed by atoms with E-state index < -0.39 is 0 Å². The van der Waals surface area contributed by atoms with Gasteiger partial charge in [-0.1, -0.05) is 20.8 Å². The lowest BCUT2D eigenvalue weighted by molar-refractivity contribution is 0.395. The van der Waals surface area contributed by atoms with Crippen LogP contribution in [0.15, 0.2) is 10.9 Å². The zero-order chi connectivity index (χ0) is 11.0. The molecule has 0 bridgehead atoms. The minimum absolute atomic E-state index is 0.0787. The van der Waals surface area contributed by atoms with Crippen molar-refractivity contribution < 1.29 is 0 Å². The van der Waals surface area contributed by atoms with E-state index >= 15 is 0 Å². The Kier molecular flexibility index (Phi) is 2.63. The number of nitrogens with zero attached hydrogens (tertiary/aromatic N) is 1. The van der Waals surface area contributed by atoms with Gasteiger partial charge in [-0.25, -0.2) is 5.10 Å². The summed E-state index contributed by atoms with van der Waals surface area (Å²) in [5.41, 5.74) is 2.19. The maximum absolute atomic E-state index is 11.2. The van der Waals surface area contributed by atoms with Crippen molar-refractivity contribution in [2.24, 2.45) is 5.92 Å². The summed E-state index contributed by atoms with van der Waals surface area (Å²) in [6.07, 6.45) is 2.35. The Morgan fingerprint density at radius 1 is 1.47 bits per heavy atom. The average molecular weight is 206 g/mol.